The molecule has 0 spiro atoms. The van der Waals surface area contributed by atoms with E-state index in [1.54, 1.807) is 6.20 Å². The third kappa shape index (κ3) is 3.50. The molecule has 0 bridgehead atoms. The van der Waals surface area contributed by atoms with Gasteiger partial charge in [0, 0.05) is 29.9 Å². The third-order valence-corrected chi connectivity index (χ3v) is 4.68. The van der Waals surface area contributed by atoms with Crippen molar-refractivity contribution in [3.63, 3.8) is 0 Å². The number of aromatic nitrogens is 2. The molecule has 1 amide bonds. The summed E-state index contributed by atoms with van der Waals surface area (Å²) in [6.07, 6.45) is 7.73. The highest BCUT2D eigenvalue weighted by molar-refractivity contribution is 5.87. The molecule has 0 unspecified atom stereocenters. The largest absolute Gasteiger partial charge is 0.490 e. The molecule has 2 N–H and O–H groups in total. The molecule has 5 heteroatoms. The number of fused-ring (bicyclic) bond motifs is 1. The zero-order chi connectivity index (χ0) is 17.1. The number of amides is 1. The van der Waals surface area contributed by atoms with Gasteiger partial charge in [-0.3, -0.25) is 4.79 Å². The monoisotopic (exact) mass is 335 g/mol. The van der Waals surface area contributed by atoms with Crippen LogP contribution in [-0.4, -0.2) is 22.0 Å². The van der Waals surface area contributed by atoms with Gasteiger partial charge < -0.3 is 15.0 Å². The average molecular weight is 335 g/mol. The Morgan fingerprint density at radius 3 is 2.92 bits per heavy atom. The van der Waals surface area contributed by atoms with E-state index < -0.39 is 0 Å². The van der Waals surface area contributed by atoms with Gasteiger partial charge in [0.1, 0.15) is 11.4 Å². The van der Waals surface area contributed by atoms with Crippen molar-refractivity contribution >= 4 is 16.9 Å². The molecule has 128 valence electrons. The summed E-state index contributed by atoms with van der Waals surface area (Å²) >= 11 is 0. The second-order valence-corrected chi connectivity index (χ2v) is 6.45. The number of hydrogen-bond acceptors (Lipinski definition) is 3. The van der Waals surface area contributed by atoms with Crippen LogP contribution in [0.3, 0.4) is 0 Å². The minimum absolute atomic E-state index is 0.0109. The van der Waals surface area contributed by atoms with Gasteiger partial charge in [-0.2, -0.15) is 0 Å². The van der Waals surface area contributed by atoms with Crippen molar-refractivity contribution in [2.45, 2.75) is 38.3 Å². The van der Waals surface area contributed by atoms with Crippen molar-refractivity contribution < 1.29 is 9.53 Å². The highest BCUT2D eigenvalue weighted by Gasteiger charge is 2.20. The molecule has 25 heavy (non-hydrogen) atoms. The van der Waals surface area contributed by atoms with Crippen LogP contribution in [0.4, 0.5) is 0 Å². The molecular formula is C20H21N3O2. The van der Waals surface area contributed by atoms with Crippen LogP contribution in [-0.2, 0) is 17.8 Å². The van der Waals surface area contributed by atoms with Crippen molar-refractivity contribution in [3.8, 4) is 5.75 Å². The first kappa shape index (κ1) is 15.7. The first-order chi connectivity index (χ1) is 12.3. The Hall–Kier alpha value is -2.82. The molecule has 0 radical (unpaired) electrons. The summed E-state index contributed by atoms with van der Waals surface area (Å²) < 4.78 is 6.01. The number of ether oxygens (including phenoxy) is 1. The molecule has 1 saturated carbocycles. The van der Waals surface area contributed by atoms with E-state index in [0.29, 0.717) is 19.1 Å². The maximum absolute atomic E-state index is 12.3. The lowest BCUT2D eigenvalue weighted by Gasteiger charge is -2.27. The molecule has 0 saturated heterocycles. The first-order valence-corrected chi connectivity index (χ1v) is 8.72. The number of pyridine rings is 1. The van der Waals surface area contributed by atoms with E-state index in [-0.39, 0.29) is 5.91 Å². The average Bonchev–Trinajstić information content (AvgIpc) is 3.00. The van der Waals surface area contributed by atoms with Crippen LogP contribution in [0.15, 0.2) is 48.8 Å². The normalized spacial score (nSPS) is 14.2. The maximum Gasteiger partial charge on any atom is 0.224 e. The summed E-state index contributed by atoms with van der Waals surface area (Å²) in [4.78, 5) is 19.7. The molecule has 1 fully saturated rings. The Kier molecular flexibility index (Phi) is 4.37. The highest BCUT2D eigenvalue weighted by Crippen LogP contribution is 2.27. The van der Waals surface area contributed by atoms with E-state index in [0.717, 1.165) is 40.8 Å². The number of H-pyrrole nitrogens is 1. The Bertz CT molecular complexity index is 883. The van der Waals surface area contributed by atoms with Gasteiger partial charge in [0.2, 0.25) is 5.91 Å². The van der Waals surface area contributed by atoms with Crippen LogP contribution >= 0.6 is 0 Å². The minimum Gasteiger partial charge on any atom is -0.490 e. The molecule has 2 heterocycles. The predicted octanol–water partition coefficient (Wildman–Crippen LogP) is 3.35. The fourth-order valence-electron chi connectivity index (χ4n) is 3.02. The number of carbonyl (C=O) groups is 1. The topological polar surface area (TPSA) is 67.0 Å². The van der Waals surface area contributed by atoms with E-state index in [1.807, 2.05) is 42.6 Å². The van der Waals surface area contributed by atoms with Gasteiger partial charge in [0.25, 0.3) is 0 Å². The van der Waals surface area contributed by atoms with Crippen molar-refractivity contribution in [2.75, 3.05) is 0 Å². The van der Waals surface area contributed by atoms with Crippen molar-refractivity contribution in [2.24, 2.45) is 0 Å². The second-order valence-electron chi connectivity index (χ2n) is 6.45. The van der Waals surface area contributed by atoms with Gasteiger partial charge in [-0.05, 0) is 43.0 Å². The summed E-state index contributed by atoms with van der Waals surface area (Å²) in [5.41, 5.74) is 2.78. The fourth-order valence-corrected chi connectivity index (χ4v) is 3.02. The summed E-state index contributed by atoms with van der Waals surface area (Å²) in [6, 6.07) is 11.8. The lowest BCUT2D eigenvalue weighted by atomic mass is 9.96. The Labute approximate surface area is 146 Å². The van der Waals surface area contributed by atoms with Gasteiger partial charge in [0.15, 0.2) is 0 Å². The van der Waals surface area contributed by atoms with Crippen LogP contribution in [0.25, 0.3) is 11.0 Å². The molecule has 2 aromatic heterocycles. The number of hydrogen-bond donors (Lipinski definition) is 2. The van der Waals surface area contributed by atoms with Gasteiger partial charge in [0.05, 0.1) is 12.5 Å². The van der Waals surface area contributed by atoms with Crippen molar-refractivity contribution in [1.29, 1.82) is 0 Å². The van der Waals surface area contributed by atoms with E-state index in [4.69, 9.17) is 4.74 Å². The number of nitrogens with one attached hydrogen (secondary N) is 2. The third-order valence-electron chi connectivity index (χ3n) is 4.68. The molecule has 1 aromatic carbocycles. The first-order valence-electron chi connectivity index (χ1n) is 8.72. The summed E-state index contributed by atoms with van der Waals surface area (Å²) in [5, 5.41) is 3.99. The van der Waals surface area contributed by atoms with Crippen LogP contribution in [0.1, 0.15) is 30.4 Å². The Morgan fingerprint density at radius 1 is 1.20 bits per heavy atom. The molecule has 5 nitrogen and oxygen atoms in total. The smallest absolute Gasteiger partial charge is 0.224 e. The SMILES string of the molecule is O=C(Cc1c[nH]c2ncccc12)NCc1ccccc1OC1CCC1. The van der Waals surface area contributed by atoms with Gasteiger partial charge in [-0.15, -0.1) is 0 Å². The van der Waals surface area contributed by atoms with Crippen LogP contribution in [0.5, 0.6) is 5.75 Å². The zero-order valence-electron chi connectivity index (χ0n) is 14.0. The number of carbonyl (C=O) groups excluding carboxylic acids is 1. The lowest BCUT2D eigenvalue weighted by Crippen LogP contribution is -2.27. The van der Waals surface area contributed by atoms with Crippen LogP contribution < -0.4 is 10.1 Å². The van der Waals surface area contributed by atoms with Crippen molar-refractivity contribution in [3.05, 3.63) is 59.9 Å². The molecule has 4 rings (SSSR count). The maximum atomic E-state index is 12.3. The van der Waals surface area contributed by atoms with Crippen LogP contribution in [0, 0.1) is 0 Å². The van der Waals surface area contributed by atoms with Crippen LogP contribution in [0.2, 0.25) is 0 Å². The Morgan fingerprint density at radius 2 is 2.08 bits per heavy atom. The number of nitrogens with zero attached hydrogens (tertiary/aromatic N) is 1. The summed E-state index contributed by atoms with van der Waals surface area (Å²) in [6.45, 7) is 0.475. The molecule has 3 aromatic rings. The van der Waals surface area contributed by atoms with E-state index in [2.05, 4.69) is 15.3 Å². The minimum atomic E-state index is -0.0109. The van der Waals surface area contributed by atoms with E-state index in [9.17, 15) is 4.79 Å². The summed E-state index contributed by atoms with van der Waals surface area (Å²) in [5.74, 6) is 0.868. The fraction of sp³-hybridized carbons (Fsp3) is 0.300. The molecule has 0 aliphatic heterocycles. The predicted molar refractivity (Wildman–Crippen MR) is 96.4 cm³/mol. The molecule has 1 aliphatic carbocycles. The van der Waals surface area contributed by atoms with E-state index in [1.165, 1.54) is 6.42 Å². The van der Waals surface area contributed by atoms with Gasteiger partial charge in [-0.25, -0.2) is 4.98 Å². The molecule has 1 aliphatic rings. The quantitative estimate of drug-likeness (QED) is 0.726. The summed E-state index contributed by atoms with van der Waals surface area (Å²) in [7, 11) is 0. The number of benzene rings is 1. The van der Waals surface area contributed by atoms with Gasteiger partial charge >= 0.3 is 0 Å². The number of aromatic amines is 1. The van der Waals surface area contributed by atoms with Crippen molar-refractivity contribution in [1.82, 2.24) is 15.3 Å². The van der Waals surface area contributed by atoms with Gasteiger partial charge in [-0.1, -0.05) is 18.2 Å². The standard InChI is InChI=1S/C20H21N3O2/c24-19(11-15-13-23-20-17(15)8-4-10-21-20)22-12-14-5-1-2-9-18(14)25-16-6-3-7-16/h1-2,4-5,8-10,13,16H,3,6-7,11-12H2,(H,21,23)(H,22,24). The molecule has 0 atom stereocenters. The number of para-hydroxylation sites is 1. The lowest BCUT2D eigenvalue weighted by molar-refractivity contribution is -0.120. The molecular weight excluding hydrogens is 314 g/mol. The second kappa shape index (κ2) is 6.97. The van der Waals surface area contributed by atoms with E-state index >= 15 is 0 Å². The zero-order valence-corrected chi connectivity index (χ0v) is 14.0. The Balaban J connectivity index is 1.39. The highest BCUT2D eigenvalue weighted by atomic mass is 16.5. The number of rotatable bonds is 6.